The highest BCUT2D eigenvalue weighted by Crippen LogP contribution is 2.18. The van der Waals surface area contributed by atoms with E-state index < -0.39 is 0 Å². The average Bonchev–Trinajstić information content (AvgIpc) is 2.97. The highest BCUT2D eigenvalue weighted by molar-refractivity contribution is 5.26. The van der Waals surface area contributed by atoms with Gasteiger partial charge < -0.3 is 5.32 Å². The van der Waals surface area contributed by atoms with Crippen LogP contribution in [0.2, 0.25) is 0 Å². The van der Waals surface area contributed by atoms with E-state index in [-0.39, 0.29) is 6.04 Å². The Labute approximate surface area is 101 Å². The summed E-state index contributed by atoms with van der Waals surface area (Å²) in [5, 5.41) is 15.9. The second-order valence-corrected chi connectivity index (χ2v) is 3.82. The van der Waals surface area contributed by atoms with Crippen LogP contribution in [-0.2, 0) is 6.54 Å². The third kappa shape index (κ3) is 2.15. The molecule has 2 aromatic heterocycles. The minimum absolute atomic E-state index is 0.0878. The predicted octanol–water partition coefficient (Wildman–Crippen LogP) is 1.54. The summed E-state index contributed by atoms with van der Waals surface area (Å²) in [5.74, 6) is 1.75. The second-order valence-electron chi connectivity index (χ2n) is 3.82. The quantitative estimate of drug-likeness (QED) is 0.852. The summed E-state index contributed by atoms with van der Waals surface area (Å²) in [6, 6.07) is 2.00. The van der Waals surface area contributed by atoms with Crippen molar-refractivity contribution in [2.24, 2.45) is 0 Å². The van der Waals surface area contributed by atoms with E-state index in [0.717, 1.165) is 24.9 Å². The van der Waals surface area contributed by atoms with Gasteiger partial charge in [0.25, 0.3) is 0 Å². The minimum atomic E-state index is 0.0878. The SMILES string of the molecule is CCNc1nnc(C(C)n2cccn2)n1CC. The third-order valence-corrected chi connectivity index (χ3v) is 2.73. The van der Waals surface area contributed by atoms with Crippen LogP contribution in [0.3, 0.4) is 0 Å². The van der Waals surface area contributed by atoms with Crippen LogP contribution in [0.15, 0.2) is 18.5 Å². The summed E-state index contributed by atoms with van der Waals surface area (Å²) in [6.45, 7) is 7.89. The highest BCUT2D eigenvalue weighted by Gasteiger charge is 2.17. The number of nitrogens with zero attached hydrogens (tertiary/aromatic N) is 5. The Hall–Kier alpha value is -1.85. The van der Waals surface area contributed by atoms with Crippen molar-refractivity contribution in [3.05, 3.63) is 24.3 Å². The summed E-state index contributed by atoms with van der Waals surface area (Å²) in [5.41, 5.74) is 0. The van der Waals surface area contributed by atoms with Crippen molar-refractivity contribution in [3.63, 3.8) is 0 Å². The predicted molar refractivity (Wildman–Crippen MR) is 65.9 cm³/mol. The topological polar surface area (TPSA) is 60.6 Å². The van der Waals surface area contributed by atoms with Crippen LogP contribution in [0.4, 0.5) is 5.95 Å². The molecular formula is C11H18N6. The molecule has 92 valence electrons. The lowest BCUT2D eigenvalue weighted by atomic mass is 10.3. The van der Waals surface area contributed by atoms with Crippen LogP contribution in [-0.4, -0.2) is 31.1 Å². The Bertz CT molecular complexity index is 458. The van der Waals surface area contributed by atoms with Gasteiger partial charge in [0.15, 0.2) is 5.82 Å². The van der Waals surface area contributed by atoms with Crippen molar-refractivity contribution in [1.82, 2.24) is 24.5 Å². The molecule has 1 atom stereocenters. The molecule has 1 N–H and O–H groups in total. The third-order valence-electron chi connectivity index (χ3n) is 2.73. The van der Waals surface area contributed by atoms with Gasteiger partial charge in [-0.2, -0.15) is 5.10 Å². The monoisotopic (exact) mass is 234 g/mol. The molecule has 0 radical (unpaired) electrons. The zero-order valence-electron chi connectivity index (χ0n) is 10.5. The maximum absolute atomic E-state index is 4.25. The van der Waals surface area contributed by atoms with E-state index in [1.165, 1.54) is 0 Å². The summed E-state index contributed by atoms with van der Waals surface area (Å²) in [6.07, 6.45) is 3.71. The molecule has 0 saturated heterocycles. The van der Waals surface area contributed by atoms with E-state index in [9.17, 15) is 0 Å². The van der Waals surface area contributed by atoms with E-state index in [4.69, 9.17) is 0 Å². The number of nitrogens with one attached hydrogen (secondary N) is 1. The first-order chi connectivity index (χ1) is 8.27. The van der Waals surface area contributed by atoms with Gasteiger partial charge in [-0.05, 0) is 26.8 Å². The maximum atomic E-state index is 4.25. The molecule has 2 heterocycles. The van der Waals surface area contributed by atoms with Crippen molar-refractivity contribution in [2.45, 2.75) is 33.4 Å². The highest BCUT2D eigenvalue weighted by atomic mass is 15.4. The summed E-state index contributed by atoms with van der Waals surface area (Å²) >= 11 is 0. The molecule has 6 heteroatoms. The van der Waals surface area contributed by atoms with Gasteiger partial charge in [0.1, 0.15) is 6.04 Å². The lowest BCUT2D eigenvalue weighted by Crippen LogP contribution is -2.15. The second kappa shape index (κ2) is 4.99. The number of aromatic nitrogens is 5. The summed E-state index contributed by atoms with van der Waals surface area (Å²) in [4.78, 5) is 0. The fourth-order valence-corrected chi connectivity index (χ4v) is 1.85. The summed E-state index contributed by atoms with van der Waals surface area (Å²) < 4.78 is 3.96. The molecule has 0 bridgehead atoms. The van der Waals surface area contributed by atoms with Crippen molar-refractivity contribution in [1.29, 1.82) is 0 Å². The first kappa shape index (κ1) is 11.6. The first-order valence-corrected chi connectivity index (χ1v) is 5.94. The Morgan fingerprint density at radius 1 is 1.35 bits per heavy atom. The number of rotatable bonds is 5. The van der Waals surface area contributed by atoms with Crippen LogP contribution in [0, 0.1) is 0 Å². The molecule has 0 aliphatic heterocycles. The van der Waals surface area contributed by atoms with Crippen LogP contribution >= 0.6 is 0 Å². The smallest absolute Gasteiger partial charge is 0.224 e. The van der Waals surface area contributed by atoms with Crippen molar-refractivity contribution < 1.29 is 0 Å². The standard InChI is InChI=1S/C11H18N6/c1-4-12-11-15-14-10(16(11)5-2)9(3)17-8-6-7-13-17/h6-9H,4-5H2,1-3H3,(H,12,15). The molecule has 2 aromatic rings. The van der Waals surface area contributed by atoms with Crippen LogP contribution < -0.4 is 5.32 Å². The lowest BCUT2D eigenvalue weighted by Gasteiger charge is -2.13. The van der Waals surface area contributed by atoms with Crippen molar-refractivity contribution >= 4 is 5.95 Å². The van der Waals surface area contributed by atoms with E-state index in [0.29, 0.717) is 0 Å². The van der Waals surface area contributed by atoms with Crippen LogP contribution in [0.5, 0.6) is 0 Å². The van der Waals surface area contributed by atoms with Gasteiger partial charge in [-0.3, -0.25) is 9.25 Å². The molecule has 0 aliphatic carbocycles. The minimum Gasteiger partial charge on any atom is -0.355 e. The van der Waals surface area contributed by atoms with Gasteiger partial charge in [-0.1, -0.05) is 0 Å². The van der Waals surface area contributed by atoms with E-state index in [1.807, 2.05) is 23.9 Å². The van der Waals surface area contributed by atoms with Crippen LogP contribution in [0.25, 0.3) is 0 Å². The molecule has 0 spiro atoms. The van der Waals surface area contributed by atoms with Gasteiger partial charge in [0.2, 0.25) is 5.95 Å². The Kier molecular flexibility index (Phi) is 3.41. The Morgan fingerprint density at radius 2 is 2.18 bits per heavy atom. The molecule has 1 unspecified atom stereocenters. The van der Waals surface area contributed by atoms with Crippen molar-refractivity contribution in [2.75, 3.05) is 11.9 Å². The van der Waals surface area contributed by atoms with Gasteiger partial charge in [-0.15, -0.1) is 10.2 Å². The number of hydrogen-bond donors (Lipinski definition) is 1. The zero-order chi connectivity index (χ0) is 12.3. The van der Waals surface area contributed by atoms with Gasteiger partial charge in [0.05, 0.1) is 0 Å². The zero-order valence-corrected chi connectivity index (χ0v) is 10.5. The van der Waals surface area contributed by atoms with E-state index in [2.05, 4.69) is 39.0 Å². The van der Waals surface area contributed by atoms with E-state index >= 15 is 0 Å². The molecule has 17 heavy (non-hydrogen) atoms. The summed E-state index contributed by atoms with van der Waals surface area (Å²) in [7, 11) is 0. The largest absolute Gasteiger partial charge is 0.355 e. The Morgan fingerprint density at radius 3 is 2.76 bits per heavy atom. The average molecular weight is 234 g/mol. The first-order valence-electron chi connectivity index (χ1n) is 5.94. The van der Waals surface area contributed by atoms with Crippen LogP contribution in [0.1, 0.15) is 32.6 Å². The lowest BCUT2D eigenvalue weighted by molar-refractivity contribution is 0.508. The maximum Gasteiger partial charge on any atom is 0.224 e. The molecule has 0 fully saturated rings. The van der Waals surface area contributed by atoms with Gasteiger partial charge >= 0.3 is 0 Å². The molecule has 0 aromatic carbocycles. The fraction of sp³-hybridized carbons (Fsp3) is 0.545. The van der Waals surface area contributed by atoms with Gasteiger partial charge in [0, 0.05) is 25.5 Å². The molecule has 2 rings (SSSR count). The number of anilines is 1. The fourth-order valence-electron chi connectivity index (χ4n) is 1.85. The van der Waals surface area contributed by atoms with Crippen molar-refractivity contribution in [3.8, 4) is 0 Å². The molecule has 0 amide bonds. The molecule has 0 aliphatic rings. The molecule has 0 saturated carbocycles. The normalized spacial score (nSPS) is 12.6. The molecule has 6 nitrogen and oxygen atoms in total. The molecular weight excluding hydrogens is 216 g/mol. The number of hydrogen-bond acceptors (Lipinski definition) is 4. The van der Waals surface area contributed by atoms with Gasteiger partial charge in [-0.25, -0.2) is 0 Å². The Balaban J connectivity index is 2.32. The van der Waals surface area contributed by atoms with E-state index in [1.54, 1.807) is 6.20 Å².